The fraction of sp³-hybridized carbons (Fsp3) is 0.837. The highest BCUT2D eigenvalue weighted by atomic mass is 16.7. The molecule has 0 spiro atoms. The highest BCUT2D eigenvalue weighted by molar-refractivity contribution is 5.70. The van der Waals surface area contributed by atoms with E-state index in [0.717, 1.165) is 57.8 Å². The van der Waals surface area contributed by atoms with Crippen LogP contribution >= 0.6 is 0 Å². The molecule has 6 atom stereocenters. The lowest BCUT2D eigenvalue weighted by Gasteiger charge is -2.39. The van der Waals surface area contributed by atoms with E-state index >= 15 is 0 Å². The number of carbonyl (C=O) groups is 2. The standard InChI is InChI=1S/C49H88O10/c1-3-5-7-9-11-13-15-17-19-20-21-22-24-25-27-29-31-33-35-37-44(51)56-40-42(41-57-49-48(55)47(54)46(53)43(39-50)59-49)58-45(52)38-36-34-32-30-28-26-23-18-16-14-12-10-8-6-4-2/h10-13,17,19,42-43,46-50,53-55H,3-9,14-16,18,20-41H2,1-2H3/b12-10+,13-11+,19-17+/t42-,43-,46+,47?,48?,49-/m0/s1. The van der Waals surface area contributed by atoms with E-state index in [-0.39, 0.29) is 32.0 Å². The van der Waals surface area contributed by atoms with E-state index in [1.54, 1.807) is 0 Å². The van der Waals surface area contributed by atoms with Crippen LogP contribution in [-0.2, 0) is 28.5 Å². The number of allylic oxidation sites excluding steroid dienone is 6. The molecule has 0 aromatic heterocycles. The van der Waals surface area contributed by atoms with E-state index in [4.69, 9.17) is 18.9 Å². The van der Waals surface area contributed by atoms with Crippen molar-refractivity contribution >= 4 is 11.9 Å². The van der Waals surface area contributed by atoms with E-state index in [1.165, 1.54) is 116 Å². The smallest absolute Gasteiger partial charge is 0.306 e. The summed E-state index contributed by atoms with van der Waals surface area (Å²) in [5.74, 6) is -0.810. The van der Waals surface area contributed by atoms with Crippen LogP contribution in [0.5, 0.6) is 0 Å². The van der Waals surface area contributed by atoms with Crippen LogP contribution < -0.4 is 0 Å². The number of carbonyl (C=O) groups excluding carboxylic acids is 2. The van der Waals surface area contributed by atoms with Gasteiger partial charge in [-0.15, -0.1) is 0 Å². The molecule has 0 aromatic carbocycles. The maximum absolute atomic E-state index is 12.8. The molecule has 2 unspecified atom stereocenters. The van der Waals surface area contributed by atoms with Gasteiger partial charge < -0.3 is 39.4 Å². The largest absolute Gasteiger partial charge is 0.462 e. The molecule has 1 heterocycles. The zero-order chi connectivity index (χ0) is 43.0. The third kappa shape index (κ3) is 31.4. The Balaban J connectivity index is 2.29. The Bertz CT molecular complexity index is 1060. The van der Waals surface area contributed by atoms with E-state index in [1.807, 2.05) is 0 Å². The summed E-state index contributed by atoms with van der Waals surface area (Å²) in [7, 11) is 0. The fourth-order valence-electron chi connectivity index (χ4n) is 7.14. The van der Waals surface area contributed by atoms with Crippen LogP contribution in [0.15, 0.2) is 36.5 Å². The number of ether oxygens (including phenoxy) is 4. The maximum atomic E-state index is 12.8. The van der Waals surface area contributed by atoms with Gasteiger partial charge in [-0.3, -0.25) is 9.59 Å². The Morgan fingerprint density at radius 1 is 0.525 bits per heavy atom. The molecule has 1 aliphatic rings. The Hall–Kier alpha value is -2.08. The van der Waals surface area contributed by atoms with Crippen LogP contribution in [0.3, 0.4) is 0 Å². The van der Waals surface area contributed by atoms with Gasteiger partial charge in [0.2, 0.25) is 0 Å². The minimum absolute atomic E-state index is 0.219. The Labute approximate surface area is 359 Å². The predicted octanol–water partition coefficient (Wildman–Crippen LogP) is 10.7. The van der Waals surface area contributed by atoms with Crippen molar-refractivity contribution in [2.45, 2.75) is 243 Å². The second-order valence-electron chi connectivity index (χ2n) is 16.6. The quantitative estimate of drug-likeness (QED) is 0.0267. The molecule has 344 valence electrons. The first-order chi connectivity index (χ1) is 28.8. The first kappa shape index (κ1) is 54.9. The summed E-state index contributed by atoms with van der Waals surface area (Å²) in [5.41, 5.74) is 0. The Morgan fingerprint density at radius 2 is 0.966 bits per heavy atom. The molecule has 4 N–H and O–H groups in total. The van der Waals surface area contributed by atoms with Gasteiger partial charge in [-0.05, 0) is 64.2 Å². The second kappa shape index (κ2) is 40.0. The summed E-state index contributed by atoms with van der Waals surface area (Å²) in [4.78, 5) is 25.4. The summed E-state index contributed by atoms with van der Waals surface area (Å²) in [6.07, 6.45) is 38.6. The summed E-state index contributed by atoms with van der Waals surface area (Å²) in [6, 6.07) is 0. The number of aliphatic hydroxyl groups is 4. The van der Waals surface area contributed by atoms with Crippen LogP contribution in [0.4, 0.5) is 0 Å². The Kier molecular flexibility index (Phi) is 37.3. The average Bonchev–Trinajstić information content (AvgIpc) is 3.23. The molecule has 0 aromatic rings. The highest BCUT2D eigenvalue weighted by Gasteiger charge is 2.44. The molecule has 10 heteroatoms. The lowest BCUT2D eigenvalue weighted by molar-refractivity contribution is -0.305. The van der Waals surface area contributed by atoms with Gasteiger partial charge in [0, 0.05) is 12.8 Å². The molecule has 1 saturated heterocycles. The monoisotopic (exact) mass is 837 g/mol. The molecular weight excluding hydrogens is 749 g/mol. The number of aliphatic hydroxyl groups excluding tert-OH is 4. The van der Waals surface area contributed by atoms with Gasteiger partial charge in [0.25, 0.3) is 0 Å². The van der Waals surface area contributed by atoms with Crippen LogP contribution in [0.25, 0.3) is 0 Å². The minimum atomic E-state index is -1.60. The second-order valence-corrected chi connectivity index (χ2v) is 16.6. The predicted molar refractivity (Wildman–Crippen MR) is 238 cm³/mol. The van der Waals surface area contributed by atoms with Gasteiger partial charge in [0.15, 0.2) is 12.4 Å². The molecular formula is C49H88O10. The number of esters is 2. The zero-order valence-corrected chi connectivity index (χ0v) is 37.5. The van der Waals surface area contributed by atoms with Gasteiger partial charge in [0.1, 0.15) is 31.0 Å². The van der Waals surface area contributed by atoms with Crippen LogP contribution in [0.1, 0.15) is 206 Å². The molecule has 1 aliphatic heterocycles. The molecule has 1 fully saturated rings. The number of hydrogen-bond donors (Lipinski definition) is 4. The summed E-state index contributed by atoms with van der Waals surface area (Å²) >= 11 is 0. The van der Waals surface area contributed by atoms with E-state index in [9.17, 15) is 30.0 Å². The van der Waals surface area contributed by atoms with Crippen molar-refractivity contribution in [3.63, 3.8) is 0 Å². The van der Waals surface area contributed by atoms with Crippen molar-refractivity contribution in [3.8, 4) is 0 Å². The number of rotatable bonds is 40. The summed E-state index contributed by atoms with van der Waals surface area (Å²) in [6.45, 7) is 3.38. The van der Waals surface area contributed by atoms with Crippen molar-refractivity contribution in [2.75, 3.05) is 19.8 Å². The molecule has 0 bridgehead atoms. The van der Waals surface area contributed by atoms with Gasteiger partial charge in [-0.25, -0.2) is 0 Å². The molecule has 10 nitrogen and oxygen atoms in total. The minimum Gasteiger partial charge on any atom is -0.462 e. The highest BCUT2D eigenvalue weighted by Crippen LogP contribution is 2.23. The fourth-order valence-corrected chi connectivity index (χ4v) is 7.14. The normalized spacial score (nSPS) is 20.3. The van der Waals surface area contributed by atoms with E-state index in [2.05, 4.69) is 50.3 Å². The third-order valence-electron chi connectivity index (χ3n) is 11.0. The van der Waals surface area contributed by atoms with Crippen LogP contribution in [0.2, 0.25) is 0 Å². The van der Waals surface area contributed by atoms with Crippen molar-refractivity contribution < 1.29 is 49.0 Å². The van der Waals surface area contributed by atoms with Gasteiger partial charge in [-0.1, -0.05) is 166 Å². The van der Waals surface area contributed by atoms with E-state index < -0.39 is 49.4 Å². The van der Waals surface area contributed by atoms with Gasteiger partial charge in [0.05, 0.1) is 13.2 Å². The molecule has 0 saturated carbocycles. The van der Waals surface area contributed by atoms with Crippen molar-refractivity contribution in [1.29, 1.82) is 0 Å². The third-order valence-corrected chi connectivity index (χ3v) is 11.0. The Morgan fingerprint density at radius 3 is 1.47 bits per heavy atom. The SMILES string of the molecule is CCCC/C=C/CCCCCCCCCCCC(=O)O[C@@H](COC(=O)CCCCCCCCCCC/C=C/C/C=C/CCCCC)CO[C@H]1O[C@@H](CO)[C@@H](O)C(O)C1O. The van der Waals surface area contributed by atoms with Crippen molar-refractivity contribution in [1.82, 2.24) is 0 Å². The average molecular weight is 837 g/mol. The van der Waals surface area contributed by atoms with Crippen LogP contribution in [-0.4, -0.2) is 89.0 Å². The zero-order valence-electron chi connectivity index (χ0n) is 37.5. The summed E-state index contributed by atoms with van der Waals surface area (Å²) in [5, 5.41) is 40.1. The first-order valence-corrected chi connectivity index (χ1v) is 24.1. The van der Waals surface area contributed by atoms with Crippen LogP contribution in [0, 0.1) is 0 Å². The lowest BCUT2D eigenvalue weighted by atomic mass is 9.99. The van der Waals surface area contributed by atoms with Crippen molar-refractivity contribution in [3.05, 3.63) is 36.5 Å². The molecule has 1 rings (SSSR count). The van der Waals surface area contributed by atoms with E-state index in [0.29, 0.717) is 6.42 Å². The first-order valence-electron chi connectivity index (χ1n) is 24.1. The topological polar surface area (TPSA) is 152 Å². The maximum Gasteiger partial charge on any atom is 0.306 e. The number of hydrogen-bond acceptors (Lipinski definition) is 10. The van der Waals surface area contributed by atoms with Crippen molar-refractivity contribution in [2.24, 2.45) is 0 Å². The number of unbranched alkanes of at least 4 members (excludes halogenated alkanes) is 23. The molecule has 59 heavy (non-hydrogen) atoms. The molecule has 0 aliphatic carbocycles. The van der Waals surface area contributed by atoms with Gasteiger partial charge in [-0.2, -0.15) is 0 Å². The van der Waals surface area contributed by atoms with Gasteiger partial charge >= 0.3 is 11.9 Å². The summed E-state index contributed by atoms with van der Waals surface area (Å²) < 4.78 is 22.2. The molecule has 0 radical (unpaired) electrons. The lowest BCUT2D eigenvalue weighted by Crippen LogP contribution is -2.59. The molecule has 0 amide bonds.